The fraction of sp³-hybridized carbons (Fsp3) is 0.333. The van der Waals surface area contributed by atoms with Gasteiger partial charge in [-0.05, 0) is 0 Å². The van der Waals surface area contributed by atoms with Gasteiger partial charge in [0.15, 0.2) is 11.6 Å². The summed E-state index contributed by atoms with van der Waals surface area (Å²) in [7, 11) is 0. The van der Waals surface area contributed by atoms with Gasteiger partial charge in [-0.3, -0.25) is 0 Å². The first kappa shape index (κ1) is 7.71. The Balaban J connectivity index is 2.62. The van der Waals surface area contributed by atoms with Crippen LogP contribution in [-0.2, 0) is 0 Å². The molecule has 0 unspecified atom stereocenters. The Morgan fingerprint density at radius 2 is 2.18 bits per heavy atom. The van der Waals surface area contributed by atoms with Gasteiger partial charge in [0.1, 0.15) is 6.67 Å². The number of hydrogen-bond acceptors (Lipinski definition) is 4. The fourth-order valence-electron chi connectivity index (χ4n) is 0.651. The Labute approximate surface area is 63.7 Å². The largest absolute Gasteiger partial charge is 0.381 e. The van der Waals surface area contributed by atoms with E-state index in [2.05, 4.69) is 15.3 Å². The quantitative estimate of drug-likeness (QED) is 0.666. The number of anilines is 2. The summed E-state index contributed by atoms with van der Waals surface area (Å²) in [5.74, 6) is 0.728. The number of nitrogen functional groups attached to an aromatic ring is 1. The molecule has 0 spiro atoms. The van der Waals surface area contributed by atoms with Gasteiger partial charge in [0, 0.05) is 18.9 Å². The molecule has 0 aliphatic carbocycles. The Kier molecular flexibility index (Phi) is 2.59. The smallest absolute Gasteiger partial charge is 0.169 e. The van der Waals surface area contributed by atoms with E-state index >= 15 is 0 Å². The molecule has 0 bridgehead atoms. The maximum Gasteiger partial charge on any atom is 0.169 e. The minimum absolute atomic E-state index is 0.211. The van der Waals surface area contributed by atoms with Crippen LogP contribution >= 0.6 is 0 Å². The van der Waals surface area contributed by atoms with E-state index in [-0.39, 0.29) is 6.54 Å². The first-order valence-corrected chi connectivity index (χ1v) is 3.21. The fourth-order valence-corrected chi connectivity index (χ4v) is 0.651. The molecule has 4 nitrogen and oxygen atoms in total. The molecular formula is C6H9FN4. The summed E-state index contributed by atoms with van der Waals surface area (Å²) < 4.78 is 11.7. The summed E-state index contributed by atoms with van der Waals surface area (Å²) in [5, 5.41) is 2.69. The third-order valence-corrected chi connectivity index (χ3v) is 1.11. The first-order valence-electron chi connectivity index (χ1n) is 3.21. The molecule has 11 heavy (non-hydrogen) atoms. The van der Waals surface area contributed by atoms with Crippen LogP contribution in [-0.4, -0.2) is 23.2 Å². The van der Waals surface area contributed by atoms with Crippen molar-refractivity contribution in [2.75, 3.05) is 24.3 Å². The van der Waals surface area contributed by atoms with E-state index in [1.807, 2.05) is 0 Å². The van der Waals surface area contributed by atoms with Gasteiger partial charge in [-0.25, -0.2) is 14.4 Å². The highest BCUT2D eigenvalue weighted by atomic mass is 19.1. The van der Waals surface area contributed by atoms with Crippen molar-refractivity contribution in [2.24, 2.45) is 0 Å². The number of nitrogens with zero attached hydrogens (tertiary/aromatic N) is 2. The van der Waals surface area contributed by atoms with Crippen molar-refractivity contribution >= 4 is 11.6 Å². The molecule has 1 aromatic rings. The first-order chi connectivity index (χ1) is 5.34. The van der Waals surface area contributed by atoms with Crippen LogP contribution in [0.25, 0.3) is 0 Å². The Morgan fingerprint density at radius 3 is 2.82 bits per heavy atom. The molecule has 0 aliphatic rings. The lowest BCUT2D eigenvalue weighted by Gasteiger charge is -2.02. The molecule has 1 heterocycles. The summed E-state index contributed by atoms with van der Waals surface area (Å²) >= 11 is 0. The van der Waals surface area contributed by atoms with Crippen molar-refractivity contribution in [2.45, 2.75) is 0 Å². The van der Waals surface area contributed by atoms with Crippen molar-refractivity contribution in [3.05, 3.63) is 12.4 Å². The minimum atomic E-state index is -0.448. The highest BCUT2D eigenvalue weighted by Gasteiger charge is 1.97. The maximum atomic E-state index is 11.7. The van der Waals surface area contributed by atoms with Crippen molar-refractivity contribution in [1.82, 2.24) is 9.97 Å². The zero-order valence-corrected chi connectivity index (χ0v) is 5.92. The second-order valence-corrected chi connectivity index (χ2v) is 1.91. The lowest BCUT2D eigenvalue weighted by atomic mass is 10.5. The predicted octanol–water partition coefficient (Wildman–Crippen LogP) is 0.440. The molecule has 1 aromatic heterocycles. The number of alkyl halides is 1. The van der Waals surface area contributed by atoms with Gasteiger partial charge in [0.05, 0.1) is 0 Å². The Morgan fingerprint density at radius 1 is 1.45 bits per heavy atom. The average molecular weight is 156 g/mol. The molecule has 0 aromatic carbocycles. The molecule has 0 radical (unpaired) electrons. The number of halogens is 1. The van der Waals surface area contributed by atoms with Crippen LogP contribution in [0.15, 0.2) is 12.4 Å². The molecule has 0 atom stereocenters. The van der Waals surface area contributed by atoms with Gasteiger partial charge in [-0.2, -0.15) is 0 Å². The van der Waals surface area contributed by atoms with Gasteiger partial charge in [-0.1, -0.05) is 0 Å². The van der Waals surface area contributed by atoms with Crippen LogP contribution in [0, 0.1) is 0 Å². The molecule has 0 fully saturated rings. The molecule has 3 N–H and O–H groups in total. The monoisotopic (exact) mass is 156 g/mol. The van der Waals surface area contributed by atoms with Gasteiger partial charge < -0.3 is 11.1 Å². The number of nitrogens with one attached hydrogen (secondary N) is 1. The highest BCUT2D eigenvalue weighted by Crippen LogP contribution is 2.07. The standard InChI is InChI=1S/C6H9FN4/c7-1-2-10-6-5(8)9-3-4-11-6/h3-4H,1-2H2,(H2,8,9)(H,10,11). The molecule has 0 saturated carbocycles. The third-order valence-electron chi connectivity index (χ3n) is 1.11. The minimum Gasteiger partial charge on any atom is -0.381 e. The van der Waals surface area contributed by atoms with Crippen LogP contribution in [0.3, 0.4) is 0 Å². The van der Waals surface area contributed by atoms with Crippen LogP contribution in [0.2, 0.25) is 0 Å². The van der Waals surface area contributed by atoms with E-state index < -0.39 is 6.67 Å². The van der Waals surface area contributed by atoms with E-state index in [0.29, 0.717) is 11.6 Å². The molecule has 60 valence electrons. The molecule has 1 rings (SSSR count). The number of hydrogen-bond donors (Lipinski definition) is 2. The van der Waals surface area contributed by atoms with E-state index in [0.717, 1.165) is 0 Å². The second-order valence-electron chi connectivity index (χ2n) is 1.91. The van der Waals surface area contributed by atoms with Crippen molar-refractivity contribution in [3.8, 4) is 0 Å². The van der Waals surface area contributed by atoms with Gasteiger partial charge in [0.2, 0.25) is 0 Å². The van der Waals surface area contributed by atoms with E-state index in [1.165, 1.54) is 12.4 Å². The SMILES string of the molecule is Nc1nccnc1NCCF. The normalized spacial score (nSPS) is 9.55. The van der Waals surface area contributed by atoms with Gasteiger partial charge in [0.25, 0.3) is 0 Å². The summed E-state index contributed by atoms with van der Waals surface area (Å²) in [4.78, 5) is 7.61. The van der Waals surface area contributed by atoms with Gasteiger partial charge in [-0.15, -0.1) is 0 Å². The third kappa shape index (κ3) is 2.03. The van der Waals surface area contributed by atoms with E-state index in [4.69, 9.17) is 5.73 Å². The highest BCUT2D eigenvalue weighted by molar-refractivity contribution is 5.54. The zero-order chi connectivity index (χ0) is 8.10. The van der Waals surface area contributed by atoms with Gasteiger partial charge >= 0.3 is 0 Å². The summed E-state index contributed by atoms with van der Waals surface area (Å²) in [6, 6.07) is 0. The number of nitrogens with two attached hydrogens (primary N) is 1. The van der Waals surface area contributed by atoms with E-state index in [9.17, 15) is 4.39 Å². The van der Waals surface area contributed by atoms with Crippen molar-refractivity contribution in [3.63, 3.8) is 0 Å². The molecule has 0 amide bonds. The van der Waals surface area contributed by atoms with Crippen LogP contribution < -0.4 is 11.1 Å². The average Bonchev–Trinajstić information content (AvgIpc) is 2.03. The lowest BCUT2D eigenvalue weighted by Crippen LogP contribution is -2.07. The van der Waals surface area contributed by atoms with Crippen LogP contribution in [0.1, 0.15) is 0 Å². The number of rotatable bonds is 3. The summed E-state index contributed by atoms with van der Waals surface area (Å²) in [6.45, 7) is -0.237. The predicted molar refractivity (Wildman–Crippen MR) is 40.9 cm³/mol. The van der Waals surface area contributed by atoms with Crippen LogP contribution in [0.4, 0.5) is 16.0 Å². The van der Waals surface area contributed by atoms with Crippen molar-refractivity contribution in [1.29, 1.82) is 0 Å². The Hall–Kier alpha value is -1.39. The van der Waals surface area contributed by atoms with Crippen LogP contribution in [0.5, 0.6) is 0 Å². The summed E-state index contributed by atoms with van der Waals surface area (Å²) in [6.07, 6.45) is 2.98. The molecular weight excluding hydrogens is 147 g/mol. The maximum absolute atomic E-state index is 11.7. The second kappa shape index (κ2) is 3.70. The molecule has 0 saturated heterocycles. The van der Waals surface area contributed by atoms with E-state index in [1.54, 1.807) is 0 Å². The zero-order valence-electron chi connectivity index (χ0n) is 5.92. The summed E-state index contributed by atoms with van der Waals surface area (Å²) in [5.41, 5.74) is 5.40. The lowest BCUT2D eigenvalue weighted by molar-refractivity contribution is 0.512. The molecule has 0 aliphatic heterocycles. The molecule has 5 heteroatoms. The number of aromatic nitrogens is 2. The topological polar surface area (TPSA) is 63.8 Å². The Bertz CT molecular complexity index is 228. The van der Waals surface area contributed by atoms with Crippen molar-refractivity contribution < 1.29 is 4.39 Å².